The Hall–Kier alpha value is -3.35. The van der Waals surface area contributed by atoms with E-state index in [9.17, 15) is 9.59 Å². The number of carbonyl (C=O) groups excluding carboxylic acids is 2. The fraction of sp³-hybridized carbons (Fsp3) is 0.250. The highest BCUT2D eigenvalue weighted by molar-refractivity contribution is 6.06. The van der Waals surface area contributed by atoms with Crippen LogP contribution in [0.3, 0.4) is 0 Å². The van der Waals surface area contributed by atoms with E-state index in [1.165, 1.54) is 11.2 Å². The molecule has 1 saturated heterocycles. The highest BCUT2D eigenvalue weighted by Crippen LogP contribution is 2.30. The topological polar surface area (TPSA) is 80.4 Å². The molecule has 138 valence electrons. The third kappa shape index (κ3) is 2.81. The van der Waals surface area contributed by atoms with Crippen molar-refractivity contribution in [2.45, 2.75) is 32.9 Å². The molecule has 0 spiro atoms. The summed E-state index contributed by atoms with van der Waals surface area (Å²) in [5.41, 5.74) is 2.61. The van der Waals surface area contributed by atoms with Gasteiger partial charge in [-0.3, -0.25) is 9.69 Å². The largest absolute Gasteiger partial charge is 0.466 e. The molecule has 0 aliphatic carbocycles. The maximum absolute atomic E-state index is 12.8. The minimum absolute atomic E-state index is 0.193. The third-order valence-corrected chi connectivity index (χ3v) is 4.82. The molecular formula is C20H20N4O3. The molecule has 1 atom stereocenters. The summed E-state index contributed by atoms with van der Waals surface area (Å²) in [6.45, 7) is 5.79. The van der Waals surface area contributed by atoms with Gasteiger partial charge in [-0.15, -0.1) is 0 Å². The van der Waals surface area contributed by atoms with Crippen molar-refractivity contribution in [3.8, 4) is 5.69 Å². The maximum Gasteiger partial charge on any atom is 0.325 e. The maximum atomic E-state index is 12.8. The monoisotopic (exact) mass is 364 g/mol. The molecule has 4 rings (SSSR count). The highest BCUT2D eigenvalue weighted by Gasteiger charge is 2.50. The van der Waals surface area contributed by atoms with Gasteiger partial charge in [0, 0.05) is 5.69 Å². The summed E-state index contributed by atoms with van der Waals surface area (Å²) >= 11 is 0. The number of furan rings is 1. The number of amides is 3. The van der Waals surface area contributed by atoms with Crippen LogP contribution in [-0.2, 0) is 16.9 Å². The average molecular weight is 364 g/mol. The molecule has 1 fully saturated rings. The van der Waals surface area contributed by atoms with Gasteiger partial charge >= 0.3 is 6.03 Å². The number of imide groups is 1. The van der Waals surface area contributed by atoms with E-state index in [1.54, 1.807) is 19.1 Å². The fourth-order valence-electron chi connectivity index (χ4n) is 3.39. The van der Waals surface area contributed by atoms with Gasteiger partial charge in [0.2, 0.25) is 0 Å². The fourth-order valence-corrected chi connectivity index (χ4v) is 3.39. The van der Waals surface area contributed by atoms with Crippen LogP contribution < -0.4 is 5.32 Å². The zero-order valence-electron chi connectivity index (χ0n) is 15.4. The Kier molecular flexibility index (Phi) is 3.87. The minimum atomic E-state index is -1.18. The average Bonchev–Trinajstić information content (AvgIpc) is 3.33. The molecule has 1 N–H and O–H groups in total. The zero-order chi connectivity index (χ0) is 19.2. The number of carbonyl (C=O) groups is 2. The van der Waals surface area contributed by atoms with E-state index in [0.717, 1.165) is 22.6 Å². The lowest BCUT2D eigenvalue weighted by Crippen LogP contribution is -2.40. The molecule has 3 heterocycles. The smallest absolute Gasteiger partial charge is 0.325 e. The van der Waals surface area contributed by atoms with E-state index in [1.807, 2.05) is 48.9 Å². The number of benzene rings is 1. The number of nitrogens with zero attached hydrogens (tertiary/aromatic N) is 3. The highest BCUT2D eigenvalue weighted by atomic mass is 16.3. The number of aryl methyl sites for hydroxylation is 2. The lowest BCUT2D eigenvalue weighted by molar-refractivity contribution is -0.132. The third-order valence-electron chi connectivity index (χ3n) is 4.82. The van der Waals surface area contributed by atoms with Gasteiger partial charge in [0.25, 0.3) is 5.91 Å². The predicted octanol–water partition coefficient (Wildman–Crippen LogP) is 3.05. The van der Waals surface area contributed by atoms with Crippen LogP contribution >= 0.6 is 0 Å². The van der Waals surface area contributed by atoms with Gasteiger partial charge in [-0.25, -0.2) is 9.48 Å². The zero-order valence-corrected chi connectivity index (χ0v) is 15.4. The van der Waals surface area contributed by atoms with Crippen LogP contribution in [0.15, 0.2) is 53.1 Å². The van der Waals surface area contributed by atoms with Crippen molar-refractivity contribution in [1.82, 2.24) is 20.0 Å². The Balaban J connectivity index is 1.55. The summed E-state index contributed by atoms with van der Waals surface area (Å²) in [6, 6.07) is 12.6. The number of hydrogen-bond donors (Lipinski definition) is 1. The van der Waals surface area contributed by atoms with Crippen molar-refractivity contribution < 1.29 is 14.0 Å². The van der Waals surface area contributed by atoms with Gasteiger partial charge in [-0.1, -0.05) is 12.1 Å². The number of rotatable bonds is 4. The molecule has 0 bridgehead atoms. The molecule has 1 aliphatic rings. The molecule has 1 unspecified atom stereocenters. The van der Waals surface area contributed by atoms with E-state index >= 15 is 0 Å². The predicted molar refractivity (Wildman–Crippen MR) is 98.2 cm³/mol. The molecule has 7 heteroatoms. The van der Waals surface area contributed by atoms with Crippen LogP contribution in [0.5, 0.6) is 0 Å². The molecule has 2 aromatic heterocycles. The first-order valence-corrected chi connectivity index (χ1v) is 8.69. The Morgan fingerprint density at radius 2 is 1.89 bits per heavy atom. The Morgan fingerprint density at radius 1 is 1.15 bits per heavy atom. The number of hydrogen-bond acceptors (Lipinski definition) is 4. The van der Waals surface area contributed by atoms with E-state index in [0.29, 0.717) is 5.76 Å². The molecule has 1 aliphatic heterocycles. The second-order valence-corrected chi connectivity index (χ2v) is 6.93. The number of aromatic nitrogens is 2. The van der Waals surface area contributed by atoms with Gasteiger partial charge in [-0.2, -0.15) is 5.10 Å². The summed E-state index contributed by atoms with van der Waals surface area (Å²) in [5.74, 6) is 0.0910. The first-order valence-electron chi connectivity index (χ1n) is 8.69. The van der Waals surface area contributed by atoms with E-state index < -0.39 is 11.6 Å². The van der Waals surface area contributed by atoms with Crippen molar-refractivity contribution in [2.75, 3.05) is 0 Å². The first-order chi connectivity index (χ1) is 12.9. The molecule has 0 radical (unpaired) electrons. The lowest BCUT2D eigenvalue weighted by Gasteiger charge is -2.19. The molecule has 27 heavy (non-hydrogen) atoms. The van der Waals surface area contributed by atoms with E-state index in [-0.39, 0.29) is 12.5 Å². The molecule has 3 amide bonds. The Morgan fingerprint density at radius 3 is 2.48 bits per heavy atom. The first kappa shape index (κ1) is 17.1. The van der Waals surface area contributed by atoms with Crippen molar-refractivity contribution in [3.05, 3.63) is 71.4 Å². The summed E-state index contributed by atoms with van der Waals surface area (Å²) < 4.78 is 7.21. The standard InChI is InChI=1S/C20H20N4O3/c1-13-11-14(2)24(22-13)16-8-6-15(7-9-16)12-23-18(25)20(3,21-19(23)26)17-5-4-10-27-17/h4-11H,12H2,1-3H3,(H,21,26). The van der Waals surface area contributed by atoms with Gasteiger partial charge < -0.3 is 9.73 Å². The van der Waals surface area contributed by atoms with Crippen LogP contribution in [0.4, 0.5) is 4.79 Å². The van der Waals surface area contributed by atoms with Gasteiger partial charge in [0.05, 0.1) is 24.2 Å². The normalized spacial score (nSPS) is 19.6. The quantitative estimate of drug-likeness (QED) is 0.722. The minimum Gasteiger partial charge on any atom is -0.466 e. The molecule has 7 nitrogen and oxygen atoms in total. The van der Waals surface area contributed by atoms with Crippen molar-refractivity contribution in [3.63, 3.8) is 0 Å². The lowest BCUT2D eigenvalue weighted by atomic mass is 9.99. The number of urea groups is 1. The Bertz CT molecular complexity index is 1000. The van der Waals surface area contributed by atoms with Gasteiger partial charge in [-0.05, 0) is 56.7 Å². The van der Waals surface area contributed by atoms with E-state index in [2.05, 4.69) is 10.4 Å². The second kappa shape index (κ2) is 6.12. The van der Waals surface area contributed by atoms with Gasteiger partial charge in [0.1, 0.15) is 5.76 Å². The summed E-state index contributed by atoms with van der Waals surface area (Å²) in [6.07, 6.45) is 1.49. The second-order valence-electron chi connectivity index (χ2n) is 6.93. The molecule has 1 aromatic carbocycles. The molecule has 3 aromatic rings. The van der Waals surface area contributed by atoms with Crippen LogP contribution in [0.2, 0.25) is 0 Å². The molecular weight excluding hydrogens is 344 g/mol. The van der Waals surface area contributed by atoms with E-state index in [4.69, 9.17) is 4.42 Å². The van der Waals surface area contributed by atoms with Crippen molar-refractivity contribution in [1.29, 1.82) is 0 Å². The van der Waals surface area contributed by atoms with Crippen molar-refractivity contribution >= 4 is 11.9 Å². The van der Waals surface area contributed by atoms with Crippen LogP contribution in [0, 0.1) is 13.8 Å². The van der Waals surface area contributed by atoms with Gasteiger partial charge in [0.15, 0.2) is 5.54 Å². The molecule has 0 saturated carbocycles. The van der Waals surface area contributed by atoms with Crippen LogP contribution in [0.25, 0.3) is 5.69 Å². The van der Waals surface area contributed by atoms with Crippen LogP contribution in [-0.4, -0.2) is 26.6 Å². The number of nitrogens with one attached hydrogen (secondary N) is 1. The Labute approximate surface area is 156 Å². The summed E-state index contributed by atoms with van der Waals surface area (Å²) in [7, 11) is 0. The SMILES string of the molecule is Cc1cc(C)n(-c2ccc(CN3C(=O)NC(C)(c4ccco4)C3=O)cc2)n1. The summed E-state index contributed by atoms with van der Waals surface area (Å²) in [5, 5.41) is 7.19. The summed E-state index contributed by atoms with van der Waals surface area (Å²) in [4.78, 5) is 26.4. The van der Waals surface area contributed by atoms with Crippen LogP contribution in [0.1, 0.15) is 29.6 Å². The van der Waals surface area contributed by atoms with Crippen molar-refractivity contribution in [2.24, 2.45) is 0 Å².